The molecular weight excluding hydrogens is 467 g/mol. The van der Waals surface area contributed by atoms with Crippen LogP contribution in [-0.4, -0.2) is 44.8 Å². The fraction of sp³-hybridized carbons (Fsp3) is 0.208. The summed E-state index contributed by atoms with van der Waals surface area (Å²) in [6.45, 7) is 2.29. The molecule has 1 aliphatic rings. The van der Waals surface area contributed by atoms with Gasteiger partial charge < -0.3 is 10.2 Å². The van der Waals surface area contributed by atoms with Crippen LogP contribution in [0, 0.1) is 24.4 Å². The fourth-order valence-corrected chi connectivity index (χ4v) is 5.18. The van der Waals surface area contributed by atoms with Gasteiger partial charge in [0.2, 0.25) is 10.0 Å². The van der Waals surface area contributed by atoms with E-state index in [1.807, 2.05) is 0 Å². The van der Waals surface area contributed by atoms with E-state index in [2.05, 4.69) is 5.32 Å². The van der Waals surface area contributed by atoms with Gasteiger partial charge in [-0.2, -0.15) is 4.31 Å². The quantitative estimate of drug-likeness (QED) is 0.584. The van der Waals surface area contributed by atoms with Crippen molar-refractivity contribution < 1.29 is 26.4 Å². The van der Waals surface area contributed by atoms with Crippen LogP contribution >= 0.6 is 0 Å². The van der Waals surface area contributed by atoms with Crippen molar-refractivity contribution in [2.75, 3.05) is 36.4 Å². The van der Waals surface area contributed by atoms with Crippen molar-refractivity contribution in [3.05, 3.63) is 89.2 Å². The lowest BCUT2D eigenvalue weighted by Crippen LogP contribution is -2.48. The van der Waals surface area contributed by atoms with Gasteiger partial charge in [-0.1, -0.05) is 18.2 Å². The number of halogens is 3. The van der Waals surface area contributed by atoms with E-state index in [1.54, 1.807) is 30.0 Å². The van der Waals surface area contributed by atoms with Crippen molar-refractivity contribution in [3.63, 3.8) is 0 Å². The van der Waals surface area contributed by atoms with E-state index in [9.17, 15) is 26.4 Å². The molecule has 1 aliphatic heterocycles. The van der Waals surface area contributed by atoms with Crippen LogP contribution in [0.1, 0.15) is 15.9 Å². The molecule has 1 amide bonds. The zero-order valence-electron chi connectivity index (χ0n) is 18.3. The number of aryl methyl sites for hydroxylation is 1. The fourth-order valence-electron chi connectivity index (χ4n) is 3.73. The summed E-state index contributed by atoms with van der Waals surface area (Å²) in [5.74, 6) is -2.74. The molecule has 0 bridgehead atoms. The summed E-state index contributed by atoms with van der Waals surface area (Å²) in [5, 5.41) is 2.39. The molecule has 0 aliphatic carbocycles. The van der Waals surface area contributed by atoms with Gasteiger partial charge in [-0.3, -0.25) is 4.79 Å². The molecule has 178 valence electrons. The summed E-state index contributed by atoms with van der Waals surface area (Å²) >= 11 is 0. The van der Waals surface area contributed by atoms with Crippen molar-refractivity contribution in [3.8, 4) is 0 Å². The highest BCUT2D eigenvalue weighted by molar-refractivity contribution is 7.89. The number of carbonyl (C=O) groups excluding carboxylic acids is 1. The van der Waals surface area contributed by atoms with Crippen LogP contribution < -0.4 is 10.2 Å². The Hall–Kier alpha value is -3.37. The average molecular weight is 490 g/mol. The van der Waals surface area contributed by atoms with Crippen LogP contribution in [-0.2, 0) is 10.0 Å². The van der Waals surface area contributed by atoms with E-state index < -0.39 is 33.1 Å². The largest absolute Gasteiger partial charge is 0.367 e. The van der Waals surface area contributed by atoms with Gasteiger partial charge in [0, 0.05) is 31.9 Å². The zero-order valence-corrected chi connectivity index (χ0v) is 19.1. The van der Waals surface area contributed by atoms with E-state index >= 15 is 0 Å². The molecule has 3 aromatic rings. The second-order valence-electron chi connectivity index (χ2n) is 7.90. The Kier molecular flexibility index (Phi) is 6.63. The highest BCUT2D eigenvalue weighted by Gasteiger charge is 2.30. The number of nitrogens with one attached hydrogen (secondary N) is 1. The minimum absolute atomic E-state index is 0.0955. The normalized spacial score (nSPS) is 14.8. The maximum absolute atomic E-state index is 14.4. The number of hydrogen-bond acceptors (Lipinski definition) is 4. The SMILES string of the molecule is Cc1ccc(NC(=O)c2cc(S(=O)(=O)N3CCN(c4ccccc4F)CC3)ccc2F)cc1F. The number of anilines is 2. The molecule has 4 rings (SSSR count). The molecule has 1 saturated heterocycles. The first kappa shape index (κ1) is 23.8. The molecule has 0 unspecified atom stereocenters. The minimum atomic E-state index is -4.03. The molecule has 3 aromatic carbocycles. The van der Waals surface area contributed by atoms with Gasteiger partial charge in [0.25, 0.3) is 5.91 Å². The van der Waals surface area contributed by atoms with Gasteiger partial charge in [0.15, 0.2) is 0 Å². The number of nitrogens with zero attached hydrogens (tertiary/aromatic N) is 2. The highest BCUT2D eigenvalue weighted by Crippen LogP contribution is 2.25. The number of piperazine rings is 1. The zero-order chi connectivity index (χ0) is 24.5. The Balaban J connectivity index is 1.51. The predicted octanol–water partition coefficient (Wildman–Crippen LogP) is 4.18. The molecule has 10 heteroatoms. The van der Waals surface area contributed by atoms with Crippen molar-refractivity contribution in [1.29, 1.82) is 0 Å². The number of rotatable bonds is 5. The van der Waals surface area contributed by atoms with Gasteiger partial charge in [-0.15, -0.1) is 0 Å². The van der Waals surface area contributed by atoms with Gasteiger partial charge in [-0.05, 0) is 55.0 Å². The summed E-state index contributed by atoms with van der Waals surface area (Å²) < 4.78 is 69.7. The molecular formula is C24H22F3N3O3S. The molecule has 6 nitrogen and oxygen atoms in total. The van der Waals surface area contributed by atoms with E-state index in [0.717, 1.165) is 24.3 Å². The lowest BCUT2D eigenvalue weighted by molar-refractivity contribution is 0.102. The van der Waals surface area contributed by atoms with Gasteiger partial charge in [0.05, 0.1) is 16.1 Å². The third kappa shape index (κ3) is 4.78. The molecule has 1 heterocycles. The Morgan fingerprint density at radius 2 is 1.56 bits per heavy atom. The third-order valence-electron chi connectivity index (χ3n) is 5.68. The Labute approximate surface area is 195 Å². The predicted molar refractivity (Wildman–Crippen MR) is 123 cm³/mol. The van der Waals surface area contributed by atoms with Gasteiger partial charge in [0.1, 0.15) is 17.5 Å². The van der Waals surface area contributed by atoms with Crippen molar-refractivity contribution in [1.82, 2.24) is 4.31 Å². The average Bonchev–Trinajstić information content (AvgIpc) is 2.82. The van der Waals surface area contributed by atoms with Crippen LogP contribution in [0.15, 0.2) is 65.6 Å². The molecule has 0 aromatic heterocycles. The number of carbonyl (C=O) groups is 1. The molecule has 0 saturated carbocycles. The summed E-state index contributed by atoms with van der Waals surface area (Å²) in [6, 6.07) is 13.2. The molecule has 0 atom stereocenters. The Morgan fingerprint density at radius 1 is 0.853 bits per heavy atom. The summed E-state index contributed by atoms with van der Waals surface area (Å²) in [4.78, 5) is 14.1. The second-order valence-corrected chi connectivity index (χ2v) is 9.84. The first-order valence-electron chi connectivity index (χ1n) is 10.5. The van der Waals surface area contributed by atoms with Crippen molar-refractivity contribution in [2.24, 2.45) is 0 Å². The van der Waals surface area contributed by atoms with Crippen LogP contribution in [0.4, 0.5) is 24.5 Å². The summed E-state index contributed by atoms with van der Waals surface area (Å²) in [7, 11) is -4.03. The number of para-hydroxylation sites is 1. The molecule has 0 radical (unpaired) electrons. The molecule has 1 N–H and O–H groups in total. The highest BCUT2D eigenvalue weighted by atomic mass is 32.2. The number of amides is 1. The number of sulfonamides is 1. The monoisotopic (exact) mass is 489 g/mol. The Morgan fingerprint density at radius 3 is 2.24 bits per heavy atom. The molecule has 1 fully saturated rings. The lowest BCUT2D eigenvalue weighted by Gasteiger charge is -2.35. The summed E-state index contributed by atoms with van der Waals surface area (Å²) in [6.07, 6.45) is 0. The number of benzene rings is 3. The topological polar surface area (TPSA) is 69.7 Å². The Bertz CT molecular complexity index is 1340. The third-order valence-corrected chi connectivity index (χ3v) is 7.58. The van der Waals surface area contributed by atoms with Crippen molar-refractivity contribution >= 4 is 27.3 Å². The van der Waals surface area contributed by atoms with Crippen LogP contribution in [0.5, 0.6) is 0 Å². The lowest BCUT2D eigenvalue weighted by atomic mass is 10.1. The minimum Gasteiger partial charge on any atom is -0.367 e. The smallest absolute Gasteiger partial charge is 0.258 e. The van der Waals surface area contributed by atoms with E-state index in [4.69, 9.17) is 0 Å². The molecule has 34 heavy (non-hydrogen) atoms. The molecule has 0 spiro atoms. The van der Waals surface area contributed by atoms with E-state index in [-0.39, 0.29) is 42.6 Å². The van der Waals surface area contributed by atoms with Gasteiger partial charge >= 0.3 is 0 Å². The second kappa shape index (κ2) is 9.47. The van der Waals surface area contributed by atoms with Gasteiger partial charge in [-0.25, -0.2) is 21.6 Å². The summed E-state index contributed by atoms with van der Waals surface area (Å²) in [5.41, 5.74) is 0.414. The maximum Gasteiger partial charge on any atom is 0.258 e. The van der Waals surface area contributed by atoms with Crippen LogP contribution in [0.3, 0.4) is 0 Å². The maximum atomic E-state index is 14.4. The standard InChI is InChI=1S/C24H22F3N3O3S/c1-16-6-7-17(14-22(16)27)28-24(31)19-15-18(8-9-20(19)25)34(32,33)30-12-10-29(11-13-30)23-5-3-2-4-21(23)26/h2-9,14-15H,10-13H2,1H3,(H,28,31). The first-order valence-corrected chi connectivity index (χ1v) is 12.0. The number of hydrogen-bond donors (Lipinski definition) is 1. The van der Waals surface area contributed by atoms with Crippen molar-refractivity contribution in [2.45, 2.75) is 11.8 Å². The van der Waals surface area contributed by atoms with Crippen LogP contribution in [0.25, 0.3) is 0 Å². The van der Waals surface area contributed by atoms with E-state index in [0.29, 0.717) is 11.3 Å². The van der Waals surface area contributed by atoms with Crippen LogP contribution in [0.2, 0.25) is 0 Å². The first-order chi connectivity index (χ1) is 16.2. The van der Waals surface area contributed by atoms with E-state index in [1.165, 1.54) is 22.5 Å².